The molecule has 1 aliphatic carbocycles. The third kappa shape index (κ3) is 10.1. The molecular formula is C33H46N2O8S2. The Labute approximate surface area is 267 Å². The van der Waals surface area contributed by atoms with Crippen molar-refractivity contribution in [3.05, 3.63) is 59.2 Å². The first kappa shape index (κ1) is 35.1. The van der Waals surface area contributed by atoms with Gasteiger partial charge in [-0.3, -0.25) is 9.69 Å². The van der Waals surface area contributed by atoms with Crippen LogP contribution < -0.4 is 5.32 Å². The van der Waals surface area contributed by atoms with Crippen LogP contribution in [0.25, 0.3) is 11.1 Å². The molecule has 0 unspecified atom stereocenters. The lowest BCUT2D eigenvalue weighted by atomic mass is 9.90. The van der Waals surface area contributed by atoms with Crippen LogP contribution >= 0.6 is 0 Å². The van der Waals surface area contributed by atoms with Crippen LogP contribution in [0.4, 0.5) is 0 Å². The summed E-state index contributed by atoms with van der Waals surface area (Å²) in [4.78, 5) is 27.5. The second kappa shape index (κ2) is 15.2. The van der Waals surface area contributed by atoms with E-state index < -0.39 is 42.8 Å². The fraction of sp³-hybridized carbons (Fsp3) is 0.576. The van der Waals surface area contributed by atoms with Gasteiger partial charge >= 0.3 is 5.97 Å². The fourth-order valence-electron chi connectivity index (χ4n) is 6.39. The molecule has 0 radical (unpaired) electrons. The first-order valence-electron chi connectivity index (χ1n) is 15.6. The lowest BCUT2D eigenvalue weighted by Gasteiger charge is -2.27. The van der Waals surface area contributed by atoms with Crippen molar-refractivity contribution in [3.8, 4) is 11.1 Å². The maximum absolute atomic E-state index is 13.5. The van der Waals surface area contributed by atoms with E-state index in [4.69, 9.17) is 4.74 Å². The minimum atomic E-state index is -3.42. The summed E-state index contributed by atoms with van der Waals surface area (Å²) in [6.07, 6.45) is 8.64. The Bertz CT molecular complexity index is 1570. The summed E-state index contributed by atoms with van der Waals surface area (Å²) >= 11 is 0. The summed E-state index contributed by atoms with van der Waals surface area (Å²) in [6.45, 7) is 3.91. The number of nitrogens with one attached hydrogen (secondary N) is 1. The Hall–Kier alpha value is -2.80. The van der Waals surface area contributed by atoms with Crippen LogP contribution in [0.2, 0.25) is 0 Å². The van der Waals surface area contributed by atoms with Gasteiger partial charge in [-0.15, -0.1) is 0 Å². The van der Waals surface area contributed by atoms with Crippen molar-refractivity contribution in [1.29, 1.82) is 0 Å². The summed E-state index contributed by atoms with van der Waals surface area (Å²) in [6, 6.07) is 11.5. The van der Waals surface area contributed by atoms with Crippen molar-refractivity contribution in [2.75, 3.05) is 38.0 Å². The molecule has 1 heterocycles. The summed E-state index contributed by atoms with van der Waals surface area (Å²) in [5, 5.41) is 11.7. The monoisotopic (exact) mass is 662 g/mol. The second-order valence-corrected chi connectivity index (χ2v) is 17.4. The lowest BCUT2D eigenvalue weighted by Crippen LogP contribution is -2.42. The Kier molecular flexibility index (Phi) is 11.8. The molecule has 2 N–H and O–H groups in total. The number of hydrogen-bond acceptors (Lipinski definition) is 8. The summed E-state index contributed by atoms with van der Waals surface area (Å²) in [5.41, 5.74) is 3.47. The number of nitrogens with zero attached hydrogens (tertiary/aromatic N) is 1. The molecule has 1 saturated carbocycles. The van der Waals surface area contributed by atoms with Crippen molar-refractivity contribution in [2.24, 2.45) is 5.92 Å². The molecule has 12 heteroatoms. The quantitative estimate of drug-likeness (QED) is 0.308. The number of sulfone groups is 2. The highest BCUT2D eigenvalue weighted by molar-refractivity contribution is 7.91. The molecule has 3 atom stereocenters. The van der Waals surface area contributed by atoms with Gasteiger partial charge in [0.15, 0.2) is 9.84 Å². The summed E-state index contributed by atoms with van der Waals surface area (Å²) < 4.78 is 54.6. The Morgan fingerprint density at radius 1 is 1.00 bits per heavy atom. The van der Waals surface area contributed by atoms with Gasteiger partial charge < -0.3 is 15.2 Å². The van der Waals surface area contributed by atoms with E-state index in [2.05, 4.69) is 10.2 Å². The predicted octanol–water partition coefficient (Wildman–Crippen LogP) is 3.86. The number of amides is 1. The van der Waals surface area contributed by atoms with Crippen LogP contribution in [-0.4, -0.2) is 94.1 Å². The molecule has 0 bridgehead atoms. The van der Waals surface area contributed by atoms with Gasteiger partial charge in [-0.2, -0.15) is 0 Å². The molecule has 10 nitrogen and oxygen atoms in total. The molecule has 0 spiro atoms. The van der Waals surface area contributed by atoms with Crippen molar-refractivity contribution < 1.29 is 36.3 Å². The van der Waals surface area contributed by atoms with Crippen molar-refractivity contribution in [2.45, 2.75) is 75.7 Å². The van der Waals surface area contributed by atoms with Crippen LogP contribution in [0.15, 0.2) is 42.5 Å². The first-order valence-corrected chi connectivity index (χ1v) is 19.6. The SMILES string of the molecule is Cc1ccccc1-c1cc(CN2C[C@@H](S(C)(=O)=O)C[C@@H]2COCC2CCCCC2)ccc1C(=O)N[C@@H](CCS(C)(=O)=O)C(=O)O. The third-order valence-corrected chi connectivity index (χ3v) is 11.5. The first-order chi connectivity index (χ1) is 21.2. The number of carboxylic acid groups (broad SMARTS) is 1. The average Bonchev–Trinajstić information content (AvgIpc) is 3.38. The highest BCUT2D eigenvalue weighted by Crippen LogP contribution is 2.31. The lowest BCUT2D eigenvalue weighted by molar-refractivity contribution is -0.139. The molecule has 2 aromatic rings. The highest BCUT2D eigenvalue weighted by Gasteiger charge is 2.37. The zero-order valence-electron chi connectivity index (χ0n) is 26.4. The zero-order chi connectivity index (χ0) is 32.8. The number of carbonyl (C=O) groups excluding carboxylic acids is 1. The molecular weight excluding hydrogens is 617 g/mol. The number of rotatable bonds is 14. The van der Waals surface area contributed by atoms with Crippen LogP contribution in [0.3, 0.4) is 0 Å². The molecule has 1 amide bonds. The molecule has 0 aromatic heterocycles. The second-order valence-electron chi connectivity index (χ2n) is 12.8. The van der Waals surface area contributed by atoms with Crippen LogP contribution in [0.5, 0.6) is 0 Å². The maximum Gasteiger partial charge on any atom is 0.326 e. The van der Waals surface area contributed by atoms with Crippen molar-refractivity contribution in [1.82, 2.24) is 10.2 Å². The van der Waals surface area contributed by atoms with Gasteiger partial charge in [0.05, 0.1) is 17.6 Å². The fourth-order valence-corrected chi connectivity index (χ4v) is 8.08. The van der Waals surface area contributed by atoms with E-state index in [1.807, 2.05) is 37.3 Å². The number of benzene rings is 2. The van der Waals surface area contributed by atoms with Gasteiger partial charge in [-0.1, -0.05) is 49.6 Å². The maximum atomic E-state index is 13.5. The number of aliphatic carboxylic acids is 1. The van der Waals surface area contributed by atoms with Crippen molar-refractivity contribution in [3.63, 3.8) is 0 Å². The number of likely N-dealkylation sites (tertiary alicyclic amines) is 1. The molecule has 45 heavy (non-hydrogen) atoms. The Balaban J connectivity index is 1.58. The van der Waals surface area contributed by atoms with E-state index in [1.165, 1.54) is 38.4 Å². The van der Waals surface area contributed by atoms with Gasteiger partial charge in [0.2, 0.25) is 0 Å². The minimum absolute atomic E-state index is 0.0654. The molecule has 4 rings (SSSR count). The van der Waals surface area contributed by atoms with Gasteiger partial charge in [-0.25, -0.2) is 21.6 Å². The minimum Gasteiger partial charge on any atom is -0.480 e. The van der Waals surface area contributed by atoms with E-state index in [9.17, 15) is 31.5 Å². The van der Waals surface area contributed by atoms with Gasteiger partial charge in [0, 0.05) is 43.8 Å². The Morgan fingerprint density at radius 2 is 1.71 bits per heavy atom. The molecule has 2 aliphatic rings. The van der Waals surface area contributed by atoms with E-state index in [1.54, 1.807) is 12.1 Å². The largest absolute Gasteiger partial charge is 0.480 e. The molecule has 2 fully saturated rings. The van der Waals surface area contributed by atoms with Crippen LogP contribution in [-0.2, 0) is 35.8 Å². The number of aryl methyl sites for hydroxylation is 1. The summed E-state index contributed by atoms with van der Waals surface area (Å²) in [5.74, 6) is -1.74. The molecule has 1 saturated heterocycles. The Morgan fingerprint density at radius 3 is 2.36 bits per heavy atom. The smallest absolute Gasteiger partial charge is 0.326 e. The van der Waals surface area contributed by atoms with Gasteiger partial charge in [0.25, 0.3) is 5.91 Å². The topological polar surface area (TPSA) is 147 Å². The molecule has 1 aliphatic heterocycles. The van der Waals surface area contributed by atoms with Crippen molar-refractivity contribution >= 4 is 31.6 Å². The predicted molar refractivity (Wildman–Crippen MR) is 175 cm³/mol. The van der Waals surface area contributed by atoms with Gasteiger partial charge in [-0.05, 0) is 72.9 Å². The third-order valence-electron chi connectivity index (χ3n) is 9.01. The van der Waals surface area contributed by atoms with Crippen LogP contribution in [0.1, 0.15) is 66.4 Å². The standard InChI is InChI=1S/C33H46N2O8S2/c1-23-9-7-8-12-28(23)30-17-25(13-14-29(30)32(36)34-31(33(37)38)15-16-44(2,39)40)19-35-20-27(45(3,41)42)18-26(35)22-43-21-24-10-5-4-6-11-24/h7-9,12-14,17,24,26-27,31H,4-6,10-11,15-16,18-22H2,1-3H3,(H,34,36)(H,37,38)/t26-,27+,31+/m1/s1. The number of ether oxygens (including phenoxy) is 1. The zero-order valence-corrected chi connectivity index (χ0v) is 28.0. The van der Waals surface area contributed by atoms with E-state index in [-0.39, 0.29) is 23.8 Å². The van der Waals surface area contributed by atoms with Gasteiger partial charge in [0.1, 0.15) is 15.9 Å². The normalized spacial score (nSPS) is 20.6. The number of carboxylic acids is 1. The van der Waals surface area contributed by atoms with E-state index in [0.717, 1.165) is 22.9 Å². The number of carbonyl (C=O) groups is 2. The van der Waals surface area contributed by atoms with E-state index >= 15 is 0 Å². The summed E-state index contributed by atoms with van der Waals surface area (Å²) in [7, 11) is -6.67. The highest BCUT2D eigenvalue weighted by atomic mass is 32.2. The molecule has 2 aromatic carbocycles. The average molecular weight is 663 g/mol. The molecule has 248 valence electrons. The van der Waals surface area contributed by atoms with E-state index in [0.29, 0.717) is 44.2 Å². The van der Waals surface area contributed by atoms with Crippen LogP contribution in [0, 0.1) is 12.8 Å². The number of hydrogen-bond donors (Lipinski definition) is 2.